The monoisotopic (exact) mass is 285 g/mol. The van der Waals surface area contributed by atoms with Gasteiger partial charge < -0.3 is 10.5 Å². The van der Waals surface area contributed by atoms with Crippen LogP contribution in [-0.4, -0.2) is 12.5 Å². The fourth-order valence-corrected chi connectivity index (χ4v) is 1.84. The average Bonchev–Trinajstić information content (AvgIpc) is 2.20. The van der Waals surface area contributed by atoms with Crippen molar-refractivity contribution >= 4 is 21.8 Å². The Morgan fingerprint density at radius 2 is 2.25 bits per heavy atom. The van der Waals surface area contributed by atoms with Crippen molar-refractivity contribution in [1.82, 2.24) is 0 Å². The molecule has 0 bridgehead atoms. The summed E-state index contributed by atoms with van der Waals surface area (Å²) in [5, 5.41) is 0. The van der Waals surface area contributed by atoms with E-state index in [1.165, 1.54) is 0 Å². The van der Waals surface area contributed by atoms with Crippen molar-refractivity contribution in [3.63, 3.8) is 0 Å². The van der Waals surface area contributed by atoms with Crippen LogP contribution in [0.4, 0.5) is 0 Å². The van der Waals surface area contributed by atoms with E-state index in [1.807, 2.05) is 18.2 Å². The van der Waals surface area contributed by atoms with Crippen LogP contribution in [0.15, 0.2) is 22.7 Å². The number of carbonyl (C=O) groups excluding carboxylic acids is 1. The largest absolute Gasteiger partial charge is 0.492 e. The van der Waals surface area contributed by atoms with Crippen molar-refractivity contribution in [2.75, 3.05) is 6.61 Å². The third kappa shape index (κ3) is 4.23. The molecule has 0 aliphatic heterocycles. The first-order chi connectivity index (χ1) is 7.63. The average molecular weight is 286 g/mol. The lowest BCUT2D eigenvalue weighted by Crippen LogP contribution is -2.13. The molecule has 0 spiro atoms. The second kappa shape index (κ2) is 6.53. The Bertz CT molecular complexity index is 366. The molecule has 0 radical (unpaired) electrons. The Balaban J connectivity index is 2.64. The molecule has 0 saturated heterocycles. The molecule has 1 rings (SSSR count). The van der Waals surface area contributed by atoms with Crippen molar-refractivity contribution in [1.29, 1.82) is 0 Å². The van der Waals surface area contributed by atoms with Crippen LogP contribution in [0.3, 0.4) is 0 Å². The van der Waals surface area contributed by atoms with Crippen LogP contribution in [0.25, 0.3) is 0 Å². The number of nitrogens with two attached hydrogens (primary N) is 1. The van der Waals surface area contributed by atoms with Crippen LogP contribution >= 0.6 is 15.9 Å². The molecule has 0 atom stereocenters. The predicted molar refractivity (Wildman–Crippen MR) is 67.4 cm³/mol. The minimum absolute atomic E-state index is 0.258. The second-order valence-electron chi connectivity index (χ2n) is 3.61. The summed E-state index contributed by atoms with van der Waals surface area (Å²) in [7, 11) is 0. The van der Waals surface area contributed by atoms with Crippen LogP contribution in [0, 0.1) is 0 Å². The Kier molecular flexibility index (Phi) is 5.32. The summed E-state index contributed by atoms with van der Waals surface area (Å²) in [6.45, 7) is 2.83. The lowest BCUT2D eigenvalue weighted by atomic mass is 10.1. The maximum absolute atomic E-state index is 10.8. The van der Waals surface area contributed by atoms with Gasteiger partial charge in [0.05, 0.1) is 17.5 Å². The SMILES string of the molecule is CCCCOc1ccc(CC(N)=O)cc1Br. The van der Waals surface area contributed by atoms with Gasteiger partial charge in [-0.05, 0) is 40.0 Å². The number of halogens is 1. The number of hydrogen-bond donors (Lipinski definition) is 1. The zero-order chi connectivity index (χ0) is 12.0. The van der Waals surface area contributed by atoms with Gasteiger partial charge in [-0.1, -0.05) is 19.4 Å². The molecule has 0 heterocycles. The van der Waals surface area contributed by atoms with E-state index in [4.69, 9.17) is 10.5 Å². The number of amides is 1. The highest BCUT2D eigenvalue weighted by Gasteiger charge is 2.04. The molecule has 16 heavy (non-hydrogen) atoms. The summed E-state index contributed by atoms with van der Waals surface area (Å²) in [4.78, 5) is 10.8. The molecule has 0 aliphatic rings. The van der Waals surface area contributed by atoms with Crippen molar-refractivity contribution in [2.24, 2.45) is 5.73 Å². The Labute approximate surface area is 104 Å². The molecule has 0 fully saturated rings. The molecule has 3 nitrogen and oxygen atoms in total. The molecule has 2 N–H and O–H groups in total. The van der Waals surface area contributed by atoms with E-state index in [0.717, 1.165) is 28.6 Å². The zero-order valence-corrected chi connectivity index (χ0v) is 10.9. The molecule has 1 amide bonds. The van der Waals surface area contributed by atoms with E-state index in [0.29, 0.717) is 6.61 Å². The topological polar surface area (TPSA) is 52.3 Å². The molecule has 0 aromatic heterocycles. The highest BCUT2D eigenvalue weighted by Crippen LogP contribution is 2.26. The molecule has 88 valence electrons. The van der Waals surface area contributed by atoms with Gasteiger partial charge in [0.25, 0.3) is 0 Å². The number of carbonyl (C=O) groups is 1. The molecular weight excluding hydrogens is 270 g/mol. The van der Waals surface area contributed by atoms with E-state index >= 15 is 0 Å². The third-order valence-electron chi connectivity index (χ3n) is 2.13. The van der Waals surface area contributed by atoms with E-state index < -0.39 is 0 Å². The molecule has 1 aromatic rings. The molecule has 0 aliphatic carbocycles. The van der Waals surface area contributed by atoms with Gasteiger partial charge >= 0.3 is 0 Å². The first-order valence-corrected chi connectivity index (χ1v) is 6.12. The Morgan fingerprint density at radius 1 is 1.50 bits per heavy atom. The Morgan fingerprint density at radius 3 is 2.81 bits per heavy atom. The summed E-state index contributed by atoms with van der Waals surface area (Å²) in [6, 6.07) is 5.58. The fourth-order valence-electron chi connectivity index (χ4n) is 1.30. The lowest BCUT2D eigenvalue weighted by Gasteiger charge is -2.08. The highest BCUT2D eigenvalue weighted by molar-refractivity contribution is 9.10. The van der Waals surface area contributed by atoms with E-state index in [9.17, 15) is 4.79 Å². The van der Waals surface area contributed by atoms with E-state index in [1.54, 1.807) is 0 Å². The van der Waals surface area contributed by atoms with Crippen LogP contribution in [0.2, 0.25) is 0 Å². The van der Waals surface area contributed by atoms with Gasteiger partial charge in [0.1, 0.15) is 5.75 Å². The highest BCUT2D eigenvalue weighted by atomic mass is 79.9. The lowest BCUT2D eigenvalue weighted by molar-refractivity contribution is -0.117. The standard InChI is InChI=1S/C12H16BrNO2/c1-2-3-6-16-11-5-4-9(7-10(11)13)8-12(14)15/h4-5,7H,2-3,6,8H2,1H3,(H2,14,15). The number of hydrogen-bond acceptors (Lipinski definition) is 2. The minimum atomic E-state index is -0.327. The van der Waals surface area contributed by atoms with E-state index in [2.05, 4.69) is 22.9 Å². The van der Waals surface area contributed by atoms with Gasteiger partial charge in [0.2, 0.25) is 5.91 Å². The Hall–Kier alpha value is -1.03. The first-order valence-electron chi connectivity index (χ1n) is 5.33. The number of primary amides is 1. The van der Waals surface area contributed by atoms with Crippen molar-refractivity contribution in [2.45, 2.75) is 26.2 Å². The van der Waals surface area contributed by atoms with Crippen molar-refractivity contribution in [3.05, 3.63) is 28.2 Å². The quantitative estimate of drug-likeness (QED) is 0.817. The minimum Gasteiger partial charge on any atom is -0.492 e. The van der Waals surface area contributed by atoms with Crippen LogP contribution in [0.1, 0.15) is 25.3 Å². The van der Waals surface area contributed by atoms with Crippen molar-refractivity contribution in [3.8, 4) is 5.75 Å². The predicted octanol–water partition coefficient (Wildman–Crippen LogP) is 2.66. The number of ether oxygens (including phenoxy) is 1. The maximum atomic E-state index is 10.8. The fraction of sp³-hybridized carbons (Fsp3) is 0.417. The first kappa shape index (κ1) is 13.0. The molecule has 4 heteroatoms. The van der Waals surface area contributed by atoms with Gasteiger partial charge in [-0.3, -0.25) is 4.79 Å². The molecule has 0 saturated carbocycles. The number of benzene rings is 1. The second-order valence-corrected chi connectivity index (χ2v) is 4.46. The van der Waals surface area contributed by atoms with Gasteiger partial charge in [0, 0.05) is 0 Å². The van der Waals surface area contributed by atoms with Gasteiger partial charge in [-0.15, -0.1) is 0 Å². The normalized spacial score (nSPS) is 10.1. The van der Waals surface area contributed by atoms with Gasteiger partial charge in [-0.2, -0.15) is 0 Å². The van der Waals surface area contributed by atoms with Crippen molar-refractivity contribution < 1.29 is 9.53 Å². The summed E-state index contributed by atoms with van der Waals surface area (Å²) in [5.74, 6) is 0.480. The third-order valence-corrected chi connectivity index (χ3v) is 2.75. The summed E-state index contributed by atoms with van der Waals surface area (Å²) in [6.07, 6.45) is 2.40. The summed E-state index contributed by atoms with van der Waals surface area (Å²) in [5.41, 5.74) is 6.02. The summed E-state index contributed by atoms with van der Waals surface area (Å²) >= 11 is 3.41. The summed E-state index contributed by atoms with van der Waals surface area (Å²) < 4.78 is 6.44. The van der Waals surface area contributed by atoms with Crippen LogP contribution in [0.5, 0.6) is 5.75 Å². The number of unbranched alkanes of at least 4 members (excludes halogenated alkanes) is 1. The zero-order valence-electron chi connectivity index (χ0n) is 9.33. The van der Waals surface area contributed by atoms with Crippen LogP contribution in [-0.2, 0) is 11.2 Å². The van der Waals surface area contributed by atoms with E-state index in [-0.39, 0.29) is 12.3 Å². The molecule has 0 unspecified atom stereocenters. The smallest absolute Gasteiger partial charge is 0.221 e. The number of rotatable bonds is 6. The molecule has 1 aromatic carbocycles. The van der Waals surface area contributed by atoms with Gasteiger partial charge in [-0.25, -0.2) is 0 Å². The maximum Gasteiger partial charge on any atom is 0.221 e. The van der Waals surface area contributed by atoms with Gasteiger partial charge in [0.15, 0.2) is 0 Å². The van der Waals surface area contributed by atoms with Crippen LogP contribution < -0.4 is 10.5 Å². The molecular formula is C12H16BrNO2.